The third-order valence-corrected chi connectivity index (χ3v) is 2.81. The van der Waals surface area contributed by atoms with E-state index in [1.54, 1.807) is 0 Å². The lowest BCUT2D eigenvalue weighted by Crippen LogP contribution is -2.36. The van der Waals surface area contributed by atoms with Crippen LogP contribution in [0.1, 0.15) is 18.4 Å². The number of nitrogens with one attached hydrogen (secondary N) is 1. The first-order valence-electron chi connectivity index (χ1n) is 5.66. The van der Waals surface area contributed by atoms with Crippen LogP contribution in [0.2, 0.25) is 0 Å². The average Bonchev–Trinajstić information content (AvgIpc) is 2.86. The van der Waals surface area contributed by atoms with E-state index in [4.69, 9.17) is 10.00 Å². The highest BCUT2D eigenvalue weighted by Crippen LogP contribution is 2.13. The largest absolute Gasteiger partial charge is 0.460 e. The van der Waals surface area contributed by atoms with Gasteiger partial charge in [0.05, 0.1) is 12.1 Å². The van der Waals surface area contributed by atoms with Crippen LogP contribution < -0.4 is 5.32 Å². The minimum absolute atomic E-state index is 0.218. The van der Waals surface area contributed by atoms with Crippen molar-refractivity contribution >= 4 is 5.97 Å². The Morgan fingerprint density at radius 2 is 2.18 bits per heavy atom. The van der Waals surface area contributed by atoms with Crippen molar-refractivity contribution in [1.29, 1.82) is 5.26 Å². The summed E-state index contributed by atoms with van der Waals surface area (Å²) in [5, 5.41) is 11.6. The maximum absolute atomic E-state index is 11.7. The highest BCUT2D eigenvalue weighted by molar-refractivity contribution is 5.76. The Labute approximate surface area is 100 Å². The van der Waals surface area contributed by atoms with Crippen LogP contribution in [0.25, 0.3) is 0 Å². The molecule has 0 saturated carbocycles. The molecule has 1 aromatic carbocycles. The van der Waals surface area contributed by atoms with Crippen LogP contribution in [-0.4, -0.2) is 18.1 Å². The highest BCUT2D eigenvalue weighted by Gasteiger charge is 2.29. The van der Waals surface area contributed by atoms with Gasteiger partial charge in [-0.05, 0) is 18.4 Å². The van der Waals surface area contributed by atoms with Crippen molar-refractivity contribution in [3.8, 4) is 6.07 Å². The second-order valence-corrected chi connectivity index (χ2v) is 4.07. The van der Waals surface area contributed by atoms with Crippen molar-refractivity contribution in [2.45, 2.75) is 31.5 Å². The molecule has 1 heterocycles. The van der Waals surface area contributed by atoms with Gasteiger partial charge in [0, 0.05) is 0 Å². The standard InChI is InChI=1S/C13H14N2O2/c14-8-11-6-7-12(15-11)13(16)17-9-10-4-2-1-3-5-10/h1-5,11-12,15H,6-7,9H2. The summed E-state index contributed by atoms with van der Waals surface area (Å²) in [4.78, 5) is 11.7. The Hall–Kier alpha value is -1.86. The van der Waals surface area contributed by atoms with E-state index in [1.807, 2.05) is 30.3 Å². The average molecular weight is 230 g/mol. The van der Waals surface area contributed by atoms with Gasteiger partial charge in [0.1, 0.15) is 12.6 Å². The lowest BCUT2D eigenvalue weighted by Gasteiger charge is -2.10. The molecule has 0 spiro atoms. The van der Waals surface area contributed by atoms with Gasteiger partial charge in [-0.15, -0.1) is 0 Å². The van der Waals surface area contributed by atoms with Crippen molar-refractivity contribution < 1.29 is 9.53 Å². The fourth-order valence-electron chi connectivity index (χ4n) is 1.86. The van der Waals surface area contributed by atoms with E-state index < -0.39 is 0 Å². The van der Waals surface area contributed by atoms with Gasteiger partial charge in [0.2, 0.25) is 0 Å². The quantitative estimate of drug-likeness (QED) is 0.797. The molecule has 2 unspecified atom stereocenters. The molecular weight excluding hydrogens is 216 g/mol. The van der Waals surface area contributed by atoms with Gasteiger partial charge in [-0.1, -0.05) is 30.3 Å². The molecule has 2 rings (SSSR count). The molecule has 1 aliphatic heterocycles. The minimum Gasteiger partial charge on any atom is -0.460 e. The molecule has 2 atom stereocenters. The van der Waals surface area contributed by atoms with Crippen LogP contribution in [0.4, 0.5) is 0 Å². The first kappa shape index (κ1) is 11.6. The molecule has 1 saturated heterocycles. The number of ether oxygens (including phenoxy) is 1. The molecule has 0 radical (unpaired) electrons. The summed E-state index contributed by atoms with van der Waals surface area (Å²) < 4.78 is 5.19. The fraction of sp³-hybridized carbons (Fsp3) is 0.385. The molecule has 1 aliphatic rings. The van der Waals surface area contributed by atoms with Crippen molar-refractivity contribution in [2.24, 2.45) is 0 Å². The molecule has 1 fully saturated rings. The zero-order chi connectivity index (χ0) is 12.1. The predicted octanol–water partition coefficient (Wildman–Crippen LogP) is 1.37. The molecule has 4 nitrogen and oxygen atoms in total. The minimum atomic E-state index is -0.330. The van der Waals surface area contributed by atoms with E-state index in [2.05, 4.69) is 11.4 Å². The van der Waals surface area contributed by atoms with Gasteiger partial charge >= 0.3 is 5.97 Å². The number of rotatable bonds is 3. The number of esters is 1. The fourth-order valence-corrected chi connectivity index (χ4v) is 1.86. The topological polar surface area (TPSA) is 62.1 Å². The van der Waals surface area contributed by atoms with Crippen molar-refractivity contribution in [3.63, 3.8) is 0 Å². The molecule has 88 valence electrons. The first-order chi connectivity index (χ1) is 8.29. The third-order valence-electron chi connectivity index (χ3n) is 2.81. The van der Waals surface area contributed by atoms with Gasteiger partial charge in [-0.3, -0.25) is 10.1 Å². The second kappa shape index (κ2) is 5.46. The zero-order valence-corrected chi connectivity index (χ0v) is 9.43. The van der Waals surface area contributed by atoms with Crippen LogP contribution in [0.3, 0.4) is 0 Å². The van der Waals surface area contributed by atoms with E-state index >= 15 is 0 Å². The number of carbonyl (C=O) groups is 1. The lowest BCUT2D eigenvalue weighted by atomic mass is 10.2. The van der Waals surface area contributed by atoms with Gasteiger partial charge in [0.25, 0.3) is 0 Å². The van der Waals surface area contributed by atoms with Crippen LogP contribution in [-0.2, 0) is 16.1 Å². The lowest BCUT2D eigenvalue weighted by molar-refractivity contribution is -0.147. The van der Waals surface area contributed by atoms with Crippen LogP contribution >= 0.6 is 0 Å². The summed E-state index contributed by atoms with van der Waals surface area (Å²) in [5.74, 6) is -0.272. The summed E-state index contributed by atoms with van der Waals surface area (Å²) in [5.41, 5.74) is 0.968. The number of nitriles is 1. The Morgan fingerprint density at radius 1 is 1.41 bits per heavy atom. The van der Waals surface area contributed by atoms with Crippen LogP contribution in [0, 0.1) is 11.3 Å². The molecular formula is C13H14N2O2. The summed E-state index contributed by atoms with van der Waals surface area (Å²) in [6.45, 7) is 0.287. The smallest absolute Gasteiger partial charge is 0.323 e. The summed E-state index contributed by atoms with van der Waals surface area (Å²) in [7, 11) is 0. The second-order valence-electron chi connectivity index (χ2n) is 4.07. The Morgan fingerprint density at radius 3 is 2.82 bits per heavy atom. The first-order valence-corrected chi connectivity index (χ1v) is 5.66. The maximum atomic E-state index is 11.7. The monoisotopic (exact) mass is 230 g/mol. The summed E-state index contributed by atoms with van der Waals surface area (Å²) >= 11 is 0. The van der Waals surface area contributed by atoms with Gasteiger partial charge in [0.15, 0.2) is 0 Å². The van der Waals surface area contributed by atoms with Gasteiger partial charge < -0.3 is 4.74 Å². The van der Waals surface area contributed by atoms with Crippen molar-refractivity contribution in [1.82, 2.24) is 5.32 Å². The number of hydrogen-bond donors (Lipinski definition) is 1. The van der Waals surface area contributed by atoms with E-state index in [0.717, 1.165) is 5.56 Å². The number of nitrogens with zero attached hydrogens (tertiary/aromatic N) is 1. The van der Waals surface area contributed by atoms with Crippen LogP contribution in [0.5, 0.6) is 0 Å². The van der Waals surface area contributed by atoms with Crippen LogP contribution in [0.15, 0.2) is 30.3 Å². The van der Waals surface area contributed by atoms with E-state index in [0.29, 0.717) is 12.8 Å². The van der Waals surface area contributed by atoms with Crippen molar-refractivity contribution in [3.05, 3.63) is 35.9 Å². The molecule has 1 N–H and O–H groups in total. The molecule has 17 heavy (non-hydrogen) atoms. The molecule has 4 heteroatoms. The summed E-state index contributed by atoms with van der Waals surface area (Å²) in [6, 6.07) is 11.1. The number of benzene rings is 1. The van der Waals surface area contributed by atoms with Crippen molar-refractivity contribution in [2.75, 3.05) is 0 Å². The highest BCUT2D eigenvalue weighted by atomic mass is 16.5. The number of hydrogen-bond acceptors (Lipinski definition) is 4. The van der Waals surface area contributed by atoms with E-state index in [1.165, 1.54) is 0 Å². The molecule has 0 bridgehead atoms. The predicted molar refractivity (Wildman–Crippen MR) is 61.8 cm³/mol. The molecule has 0 aromatic heterocycles. The van der Waals surface area contributed by atoms with E-state index in [-0.39, 0.29) is 24.7 Å². The Bertz CT molecular complexity index is 425. The molecule has 0 amide bonds. The number of carbonyl (C=O) groups excluding carboxylic acids is 1. The molecule has 1 aromatic rings. The normalized spacial score (nSPS) is 23.0. The van der Waals surface area contributed by atoms with Gasteiger partial charge in [-0.25, -0.2) is 0 Å². The zero-order valence-electron chi connectivity index (χ0n) is 9.43. The SMILES string of the molecule is N#CC1CCC(C(=O)OCc2ccccc2)N1. The molecule has 0 aliphatic carbocycles. The van der Waals surface area contributed by atoms with Gasteiger partial charge in [-0.2, -0.15) is 5.26 Å². The Kier molecular flexibility index (Phi) is 3.73. The van der Waals surface area contributed by atoms with E-state index in [9.17, 15) is 4.79 Å². The summed E-state index contributed by atoms with van der Waals surface area (Å²) in [6.07, 6.45) is 1.38. The Balaban J connectivity index is 1.81. The maximum Gasteiger partial charge on any atom is 0.323 e. The third kappa shape index (κ3) is 3.05.